The summed E-state index contributed by atoms with van der Waals surface area (Å²) in [6.45, 7) is 3.24. The van der Waals surface area contributed by atoms with Gasteiger partial charge in [0.15, 0.2) is 5.60 Å². The summed E-state index contributed by atoms with van der Waals surface area (Å²) in [4.78, 5) is 32.8. The number of aliphatic carboxylic acids is 3. The van der Waals surface area contributed by atoms with E-state index < -0.39 is 36.4 Å². The van der Waals surface area contributed by atoms with E-state index in [1.54, 1.807) is 0 Å². The highest BCUT2D eigenvalue weighted by molar-refractivity contribution is 5.88. The quantitative estimate of drug-likeness (QED) is 0.288. The number of anilines is 1. The summed E-state index contributed by atoms with van der Waals surface area (Å²) in [5.41, 5.74) is 1.33. The van der Waals surface area contributed by atoms with Gasteiger partial charge in [-0.2, -0.15) is 0 Å². The van der Waals surface area contributed by atoms with Gasteiger partial charge in [0.2, 0.25) is 0 Å². The number of carboxylic acids is 3. The number of fused-ring (bicyclic) bond motifs is 1. The maximum atomic E-state index is 10.3. The second-order valence-corrected chi connectivity index (χ2v) is 8.87. The highest BCUT2D eigenvalue weighted by Crippen LogP contribution is 2.18. The Morgan fingerprint density at radius 2 is 1.39 bits per heavy atom. The van der Waals surface area contributed by atoms with Crippen molar-refractivity contribution in [3.8, 4) is 0 Å². The van der Waals surface area contributed by atoms with E-state index in [1.807, 2.05) is 0 Å². The molecule has 0 radical (unpaired) electrons. The average Bonchev–Trinajstić information content (AvgIpc) is 2.81. The largest absolute Gasteiger partial charge is 0.481 e. The van der Waals surface area contributed by atoms with Gasteiger partial charge in [0, 0.05) is 19.3 Å². The number of aliphatic hydroxyl groups is 1. The molecule has 3 rings (SSSR count). The monoisotopic (exact) mass is 495 g/mol. The molecular weight excluding hydrogens is 462 g/mol. The fraction of sp³-hybridized carbons (Fsp3) is 0.321. The van der Waals surface area contributed by atoms with Crippen molar-refractivity contribution in [3.63, 3.8) is 0 Å². The van der Waals surface area contributed by atoms with Crippen LogP contribution in [0.2, 0.25) is 0 Å². The van der Waals surface area contributed by atoms with Gasteiger partial charge in [-0.15, -0.1) is 0 Å². The van der Waals surface area contributed by atoms with Crippen LogP contribution in [0.5, 0.6) is 0 Å². The lowest BCUT2D eigenvalue weighted by Gasteiger charge is -2.19. The van der Waals surface area contributed by atoms with Crippen LogP contribution in [0, 0.1) is 6.92 Å². The molecule has 36 heavy (non-hydrogen) atoms. The van der Waals surface area contributed by atoms with Crippen molar-refractivity contribution in [1.29, 1.82) is 0 Å². The first-order valence-corrected chi connectivity index (χ1v) is 11.6. The van der Waals surface area contributed by atoms with Crippen LogP contribution < -0.4 is 4.90 Å². The van der Waals surface area contributed by atoms with Crippen LogP contribution >= 0.6 is 0 Å². The third-order valence-corrected chi connectivity index (χ3v) is 5.78. The predicted octanol–water partition coefficient (Wildman–Crippen LogP) is 4.36. The number of nitrogens with zero attached hydrogens (tertiary/aromatic N) is 1. The molecule has 0 saturated heterocycles. The summed E-state index contributed by atoms with van der Waals surface area (Å²) in [5, 5.41) is 36.5. The molecule has 0 amide bonds. The van der Waals surface area contributed by atoms with Crippen molar-refractivity contribution in [2.24, 2.45) is 0 Å². The summed E-state index contributed by atoms with van der Waals surface area (Å²) in [5.74, 6) is -5.02. The molecule has 0 bridgehead atoms. The molecule has 0 fully saturated rings. The van der Waals surface area contributed by atoms with E-state index in [2.05, 4.69) is 85.6 Å². The van der Waals surface area contributed by atoms with E-state index >= 15 is 0 Å². The van der Waals surface area contributed by atoms with Crippen molar-refractivity contribution in [2.45, 2.75) is 44.6 Å². The van der Waals surface area contributed by atoms with E-state index in [9.17, 15) is 14.4 Å². The Kier molecular flexibility index (Phi) is 10.4. The molecule has 0 spiro atoms. The number of unbranched alkanes of at least 4 members (excludes halogenated alkanes) is 1. The van der Waals surface area contributed by atoms with Crippen LogP contribution in [0.15, 0.2) is 66.7 Å². The number of aryl methyl sites for hydroxylation is 2. The van der Waals surface area contributed by atoms with Crippen LogP contribution in [-0.4, -0.2) is 57.5 Å². The Morgan fingerprint density at radius 1 is 0.806 bits per heavy atom. The number of benzene rings is 3. The molecule has 3 aromatic rings. The van der Waals surface area contributed by atoms with Gasteiger partial charge in [-0.25, -0.2) is 4.79 Å². The molecule has 0 aliphatic rings. The van der Waals surface area contributed by atoms with Gasteiger partial charge in [0.1, 0.15) is 0 Å². The Hall–Kier alpha value is -3.91. The standard InChI is InChI=1S/C22H25N.C6H8O7/c1-18-10-14-22(15-11-18)23(2)16-6-5-7-19-12-13-20-8-3-4-9-21(20)17-19;7-3(8)1-6(13,5(11)12)2-4(9)10/h3-4,8-15,17H,5-7,16H2,1-2H3;13H,1-2H2,(H,7,8)(H,9,10)(H,11,12). The normalized spacial score (nSPS) is 10.9. The predicted molar refractivity (Wildman–Crippen MR) is 138 cm³/mol. The first-order chi connectivity index (χ1) is 17.0. The Morgan fingerprint density at radius 3 is 1.94 bits per heavy atom. The van der Waals surface area contributed by atoms with Gasteiger partial charge in [0.05, 0.1) is 12.8 Å². The molecule has 8 nitrogen and oxygen atoms in total. The SMILES string of the molecule is Cc1ccc(N(C)CCCCc2ccc3ccccc3c2)cc1.O=C(O)CC(O)(CC(=O)O)C(=O)O. The third-order valence-electron chi connectivity index (χ3n) is 5.78. The molecule has 8 heteroatoms. The summed E-state index contributed by atoms with van der Waals surface area (Å²) in [6, 6.07) is 24.2. The summed E-state index contributed by atoms with van der Waals surface area (Å²) >= 11 is 0. The molecule has 0 atom stereocenters. The highest BCUT2D eigenvalue weighted by Gasteiger charge is 2.40. The lowest BCUT2D eigenvalue weighted by Crippen LogP contribution is -2.42. The maximum absolute atomic E-state index is 10.3. The molecule has 3 aromatic carbocycles. The van der Waals surface area contributed by atoms with Crippen LogP contribution in [0.3, 0.4) is 0 Å². The molecule has 4 N–H and O–H groups in total. The minimum absolute atomic E-state index is 1.11. The van der Waals surface area contributed by atoms with Crippen molar-refractivity contribution in [3.05, 3.63) is 77.9 Å². The molecular formula is C28H33NO7. The van der Waals surface area contributed by atoms with Gasteiger partial charge >= 0.3 is 17.9 Å². The average molecular weight is 496 g/mol. The number of hydrogen-bond donors (Lipinski definition) is 4. The van der Waals surface area contributed by atoms with Crippen LogP contribution in [-0.2, 0) is 20.8 Å². The lowest BCUT2D eigenvalue weighted by molar-refractivity contribution is -0.170. The lowest BCUT2D eigenvalue weighted by atomic mass is 9.96. The molecule has 0 aliphatic heterocycles. The molecule has 0 heterocycles. The fourth-order valence-corrected chi connectivity index (χ4v) is 3.71. The van der Waals surface area contributed by atoms with Gasteiger partial charge in [-0.1, -0.05) is 60.2 Å². The van der Waals surface area contributed by atoms with E-state index in [0.717, 1.165) is 13.0 Å². The molecule has 0 unspecified atom stereocenters. The van der Waals surface area contributed by atoms with Gasteiger partial charge in [-0.3, -0.25) is 9.59 Å². The Labute approximate surface area is 210 Å². The zero-order chi connectivity index (χ0) is 26.7. The molecule has 0 aromatic heterocycles. The van der Waals surface area contributed by atoms with Crippen molar-refractivity contribution >= 4 is 34.4 Å². The highest BCUT2D eigenvalue weighted by atomic mass is 16.4. The van der Waals surface area contributed by atoms with Crippen molar-refractivity contribution in [1.82, 2.24) is 0 Å². The Bertz CT molecular complexity index is 1160. The first kappa shape index (κ1) is 28.3. The minimum atomic E-state index is -2.74. The van der Waals surface area contributed by atoms with Gasteiger partial charge in [-0.05, 0) is 54.7 Å². The maximum Gasteiger partial charge on any atom is 0.336 e. The summed E-state index contributed by atoms with van der Waals surface area (Å²) in [6.07, 6.45) is 1.32. The van der Waals surface area contributed by atoms with Crippen molar-refractivity contribution in [2.75, 3.05) is 18.5 Å². The third kappa shape index (κ3) is 9.03. The molecule has 0 saturated carbocycles. The van der Waals surface area contributed by atoms with Crippen LogP contribution in [0.4, 0.5) is 5.69 Å². The van der Waals surface area contributed by atoms with Crippen molar-refractivity contribution < 1.29 is 34.8 Å². The van der Waals surface area contributed by atoms with E-state index in [1.165, 1.54) is 40.4 Å². The zero-order valence-electron chi connectivity index (χ0n) is 20.6. The summed E-state index contributed by atoms with van der Waals surface area (Å²) < 4.78 is 0. The number of carboxylic acid groups (broad SMARTS) is 3. The van der Waals surface area contributed by atoms with Gasteiger partial charge in [0.25, 0.3) is 0 Å². The second kappa shape index (κ2) is 13.3. The number of hydrogen-bond acceptors (Lipinski definition) is 5. The van der Waals surface area contributed by atoms with E-state index in [-0.39, 0.29) is 0 Å². The fourth-order valence-electron chi connectivity index (χ4n) is 3.71. The second-order valence-electron chi connectivity index (χ2n) is 8.87. The van der Waals surface area contributed by atoms with E-state index in [4.69, 9.17) is 20.4 Å². The Balaban J connectivity index is 0.000000302. The number of rotatable bonds is 11. The topological polar surface area (TPSA) is 135 Å². The molecule has 0 aliphatic carbocycles. The van der Waals surface area contributed by atoms with Crippen LogP contribution in [0.1, 0.15) is 36.8 Å². The number of carbonyl (C=O) groups is 3. The zero-order valence-corrected chi connectivity index (χ0v) is 20.6. The molecule has 192 valence electrons. The first-order valence-electron chi connectivity index (χ1n) is 11.6. The summed E-state index contributed by atoms with van der Waals surface area (Å²) in [7, 11) is 2.18. The smallest absolute Gasteiger partial charge is 0.336 e. The van der Waals surface area contributed by atoms with Crippen LogP contribution in [0.25, 0.3) is 10.8 Å². The minimum Gasteiger partial charge on any atom is -0.481 e. The van der Waals surface area contributed by atoms with Gasteiger partial charge < -0.3 is 25.3 Å². The van der Waals surface area contributed by atoms with E-state index in [0.29, 0.717) is 0 Å².